The van der Waals surface area contributed by atoms with Gasteiger partial charge in [0.1, 0.15) is 5.82 Å². The summed E-state index contributed by atoms with van der Waals surface area (Å²) in [6.07, 6.45) is 1.73. The molecule has 0 aliphatic heterocycles. The fraction of sp³-hybridized carbons (Fsp3) is 0. The summed E-state index contributed by atoms with van der Waals surface area (Å²) >= 11 is 9.39. The van der Waals surface area contributed by atoms with E-state index in [9.17, 15) is 0 Å². The van der Waals surface area contributed by atoms with Crippen LogP contribution >= 0.6 is 27.5 Å². The van der Waals surface area contributed by atoms with E-state index in [1.807, 2.05) is 30.3 Å². The second-order valence-electron chi connectivity index (χ2n) is 3.58. The lowest BCUT2D eigenvalue weighted by Gasteiger charge is -2.00. The Bertz CT molecular complexity index is 660. The summed E-state index contributed by atoms with van der Waals surface area (Å²) in [4.78, 5) is 11.9. The maximum absolute atomic E-state index is 5.91. The molecule has 0 saturated heterocycles. The first-order valence-electron chi connectivity index (χ1n) is 5.00. The average Bonchev–Trinajstić information content (AvgIpc) is 2.72. The molecule has 1 N–H and O–H groups in total. The van der Waals surface area contributed by atoms with Gasteiger partial charge in [0, 0.05) is 21.3 Å². The van der Waals surface area contributed by atoms with Crippen molar-refractivity contribution in [2.24, 2.45) is 0 Å². The van der Waals surface area contributed by atoms with Gasteiger partial charge in [0.15, 0.2) is 5.65 Å². The molecular weight excluding hydrogens is 302 g/mol. The van der Waals surface area contributed by atoms with E-state index < -0.39 is 0 Å². The van der Waals surface area contributed by atoms with Gasteiger partial charge in [0.05, 0.1) is 5.52 Å². The van der Waals surface area contributed by atoms with E-state index in [1.165, 1.54) is 0 Å². The van der Waals surface area contributed by atoms with Crippen LogP contribution in [0.2, 0.25) is 5.02 Å². The fourth-order valence-electron chi connectivity index (χ4n) is 1.65. The highest BCUT2D eigenvalue weighted by atomic mass is 79.9. The van der Waals surface area contributed by atoms with Gasteiger partial charge in [-0.15, -0.1) is 0 Å². The molecular formula is C12H7BrClN3. The third-order valence-corrected chi connectivity index (χ3v) is 3.33. The van der Waals surface area contributed by atoms with E-state index in [-0.39, 0.29) is 0 Å². The van der Waals surface area contributed by atoms with E-state index in [1.54, 1.807) is 6.20 Å². The van der Waals surface area contributed by atoms with Crippen molar-refractivity contribution in [3.8, 4) is 11.4 Å². The Hall–Kier alpha value is -1.39. The molecule has 0 bridgehead atoms. The largest absolute Gasteiger partial charge is 0.337 e. The number of H-pyrrole nitrogens is 1. The molecule has 1 aromatic carbocycles. The third-order valence-electron chi connectivity index (χ3n) is 2.44. The van der Waals surface area contributed by atoms with Gasteiger partial charge >= 0.3 is 0 Å². The van der Waals surface area contributed by atoms with Crippen LogP contribution in [0.4, 0.5) is 0 Å². The lowest BCUT2D eigenvalue weighted by molar-refractivity contribution is 1.30. The Morgan fingerprint density at radius 1 is 1.24 bits per heavy atom. The predicted octanol–water partition coefficient (Wildman–Crippen LogP) is 4.04. The number of aromatic nitrogens is 3. The second-order valence-corrected chi connectivity index (χ2v) is 4.87. The Morgan fingerprint density at radius 3 is 2.88 bits per heavy atom. The topological polar surface area (TPSA) is 41.6 Å². The number of benzene rings is 1. The highest BCUT2D eigenvalue weighted by molar-refractivity contribution is 9.10. The average molecular weight is 309 g/mol. The second kappa shape index (κ2) is 4.13. The lowest BCUT2D eigenvalue weighted by atomic mass is 10.2. The Kier molecular flexibility index (Phi) is 2.61. The molecule has 0 unspecified atom stereocenters. The number of nitrogens with one attached hydrogen (secondary N) is 1. The number of pyridine rings is 1. The first-order valence-corrected chi connectivity index (χ1v) is 6.17. The lowest BCUT2D eigenvalue weighted by Crippen LogP contribution is -1.82. The molecule has 2 heterocycles. The molecule has 0 radical (unpaired) electrons. The highest BCUT2D eigenvalue weighted by Gasteiger charge is 2.09. The van der Waals surface area contributed by atoms with Crippen LogP contribution in [-0.2, 0) is 0 Å². The van der Waals surface area contributed by atoms with Crippen molar-refractivity contribution in [1.82, 2.24) is 15.0 Å². The quantitative estimate of drug-likeness (QED) is 0.737. The van der Waals surface area contributed by atoms with E-state index in [2.05, 4.69) is 30.9 Å². The molecule has 0 aliphatic carbocycles. The van der Waals surface area contributed by atoms with Crippen molar-refractivity contribution in [1.29, 1.82) is 0 Å². The smallest absolute Gasteiger partial charge is 0.178 e. The van der Waals surface area contributed by atoms with E-state index in [4.69, 9.17) is 11.6 Å². The number of imidazole rings is 1. The predicted molar refractivity (Wildman–Crippen MR) is 72.0 cm³/mol. The number of fused-ring (bicyclic) bond motifs is 1. The van der Waals surface area contributed by atoms with Gasteiger partial charge in [-0.2, -0.15) is 0 Å². The summed E-state index contributed by atoms with van der Waals surface area (Å²) in [7, 11) is 0. The monoisotopic (exact) mass is 307 g/mol. The maximum atomic E-state index is 5.91. The molecule has 3 nitrogen and oxygen atoms in total. The van der Waals surface area contributed by atoms with Gasteiger partial charge in [-0.3, -0.25) is 0 Å². The van der Waals surface area contributed by atoms with E-state index in [0.717, 1.165) is 21.4 Å². The number of nitrogens with zero attached hydrogens (tertiary/aromatic N) is 2. The fourth-order valence-corrected chi connectivity index (χ4v) is 2.52. The molecule has 3 aromatic rings. The summed E-state index contributed by atoms with van der Waals surface area (Å²) in [5.41, 5.74) is 2.60. The number of aromatic amines is 1. The minimum Gasteiger partial charge on any atom is -0.337 e. The molecule has 0 amide bonds. The zero-order valence-electron chi connectivity index (χ0n) is 8.61. The van der Waals surface area contributed by atoms with Crippen molar-refractivity contribution in [3.63, 3.8) is 0 Å². The van der Waals surface area contributed by atoms with Crippen LogP contribution in [0, 0.1) is 0 Å². The van der Waals surface area contributed by atoms with Crippen LogP contribution < -0.4 is 0 Å². The van der Waals surface area contributed by atoms with Gasteiger partial charge in [0.2, 0.25) is 0 Å². The van der Waals surface area contributed by atoms with Gasteiger partial charge in [-0.05, 0) is 46.3 Å². The number of rotatable bonds is 1. The van der Waals surface area contributed by atoms with Crippen molar-refractivity contribution >= 4 is 38.7 Å². The Morgan fingerprint density at radius 2 is 2.12 bits per heavy atom. The van der Waals surface area contributed by atoms with Crippen molar-refractivity contribution < 1.29 is 0 Å². The molecule has 0 aliphatic rings. The van der Waals surface area contributed by atoms with Crippen LogP contribution in [-0.4, -0.2) is 15.0 Å². The standard InChI is InChI=1S/C12H7BrClN3/c13-9-6-7(14)3-4-8(9)11-16-10-2-1-5-15-12(10)17-11/h1-6H,(H,15,16,17). The molecule has 84 valence electrons. The molecule has 17 heavy (non-hydrogen) atoms. The first kappa shape index (κ1) is 10.7. The van der Waals surface area contributed by atoms with Crippen molar-refractivity contribution in [2.75, 3.05) is 0 Å². The summed E-state index contributed by atoms with van der Waals surface area (Å²) < 4.78 is 0.907. The molecule has 0 fully saturated rings. The van der Waals surface area contributed by atoms with E-state index >= 15 is 0 Å². The number of hydrogen-bond donors (Lipinski definition) is 1. The summed E-state index contributed by atoms with van der Waals surface area (Å²) in [6, 6.07) is 9.42. The van der Waals surface area contributed by atoms with Gasteiger partial charge in [0.25, 0.3) is 0 Å². The highest BCUT2D eigenvalue weighted by Crippen LogP contribution is 2.29. The maximum Gasteiger partial charge on any atom is 0.178 e. The molecule has 5 heteroatoms. The minimum absolute atomic E-state index is 0.690. The van der Waals surface area contributed by atoms with Crippen LogP contribution in [0.15, 0.2) is 41.0 Å². The zero-order valence-corrected chi connectivity index (χ0v) is 11.0. The van der Waals surface area contributed by atoms with Crippen LogP contribution in [0.25, 0.3) is 22.6 Å². The van der Waals surface area contributed by atoms with Gasteiger partial charge in [-0.25, -0.2) is 9.97 Å². The SMILES string of the molecule is Clc1ccc(-c2nc3ncccc3[nH]2)c(Br)c1. The molecule has 0 saturated carbocycles. The zero-order chi connectivity index (χ0) is 11.8. The van der Waals surface area contributed by atoms with Crippen molar-refractivity contribution in [2.45, 2.75) is 0 Å². The summed E-state index contributed by atoms with van der Waals surface area (Å²) in [5.74, 6) is 0.780. The third kappa shape index (κ3) is 1.94. The van der Waals surface area contributed by atoms with Crippen LogP contribution in [0.5, 0.6) is 0 Å². The molecule has 0 atom stereocenters. The van der Waals surface area contributed by atoms with E-state index in [0.29, 0.717) is 10.7 Å². The summed E-state index contributed by atoms with van der Waals surface area (Å²) in [5, 5.41) is 0.690. The van der Waals surface area contributed by atoms with Crippen LogP contribution in [0.3, 0.4) is 0 Å². The molecule has 0 spiro atoms. The van der Waals surface area contributed by atoms with Gasteiger partial charge < -0.3 is 4.98 Å². The molecule has 3 rings (SSSR count). The normalized spacial score (nSPS) is 10.9. The van der Waals surface area contributed by atoms with Crippen LogP contribution in [0.1, 0.15) is 0 Å². The summed E-state index contributed by atoms with van der Waals surface area (Å²) in [6.45, 7) is 0. The number of hydrogen-bond acceptors (Lipinski definition) is 2. The minimum atomic E-state index is 0.690. The first-order chi connectivity index (χ1) is 8.24. The van der Waals surface area contributed by atoms with Gasteiger partial charge in [-0.1, -0.05) is 11.6 Å². The Balaban J connectivity index is 2.20. The molecule has 2 aromatic heterocycles. The Labute approximate surface area is 111 Å². The number of halogens is 2. The van der Waals surface area contributed by atoms with Crippen molar-refractivity contribution in [3.05, 3.63) is 46.0 Å².